The number of hydrogen-bond donors (Lipinski definition) is 8. The highest BCUT2D eigenvalue weighted by Gasteiger charge is 2.25. The number of halogens is 1. The summed E-state index contributed by atoms with van der Waals surface area (Å²) < 4.78 is 23.8. The molecule has 15 aromatic rings. The predicted molar refractivity (Wildman–Crippen MR) is 553 cm³/mol. The van der Waals surface area contributed by atoms with Gasteiger partial charge in [-0.3, -0.25) is 29.0 Å². The van der Waals surface area contributed by atoms with Gasteiger partial charge in [0, 0.05) is 236 Å². The molecule has 5 fully saturated rings. The summed E-state index contributed by atoms with van der Waals surface area (Å²) in [6, 6.07) is 59.9. The predicted octanol–water partition coefficient (Wildman–Crippen LogP) is 15.4. The Labute approximate surface area is 813 Å². The maximum absolute atomic E-state index is 13.2. The van der Waals surface area contributed by atoms with Crippen LogP contribution in [0.5, 0.6) is 0 Å². The van der Waals surface area contributed by atoms with Gasteiger partial charge in [-0.05, 0) is 226 Å². The number of Topliss-reactive ketones (excluding diaryl/α,β-unsaturated/α-hetero) is 5. The monoisotopic (exact) mass is 1910 g/mol. The minimum Gasteiger partial charge on any atom is -0.472 e. The van der Waals surface area contributed by atoms with E-state index in [0.717, 1.165) is 236 Å². The van der Waals surface area contributed by atoms with E-state index in [-0.39, 0.29) is 66.8 Å². The third kappa shape index (κ3) is 25.8. The highest BCUT2D eigenvalue weighted by Crippen LogP contribution is 2.35. The van der Waals surface area contributed by atoms with Gasteiger partial charge in [-0.25, -0.2) is 29.3 Å². The number of nitrogens with one attached hydrogen (secondary N) is 3. The van der Waals surface area contributed by atoms with E-state index < -0.39 is 0 Å². The van der Waals surface area contributed by atoms with Crippen LogP contribution >= 0.6 is 34.0 Å². The number of rotatable bonds is 25. The molecule has 6 aromatic carbocycles. The van der Waals surface area contributed by atoms with Crippen LogP contribution in [0.4, 0.5) is 61.0 Å². The Morgan fingerprint density at radius 3 is 1.24 bits per heavy atom. The molecule has 20 rings (SSSR count). The van der Waals surface area contributed by atoms with E-state index in [4.69, 9.17) is 37.5 Å². The van der Waals surface area contributed by atoms with E-state index in [1.165, 1.54) is 28.3 Å². The molecule has 5 aliphatic heterocycles. The van der Waals surface area contributed by atoms with Gasteiger partial charge in [-0.2, -0.15) is 0 Å². The molecule has 0 radical (unpaired) electrons. The molecule has 5 aliphatic rings. The number of likely N-dealkylation sites (N-methyl/N-ethyl adjacent to an activating group) is 2. The van der Waals surface area contributed by atoms with Gasteiger partial charge in [0.15, 0.2) is 33.9 Å². The molecule has 708 valence electrons. The van der Waals surface area contributed by atoms with Crippen molar-refractivity contribution in [2.24, 2.45) is 0 Å². The zero-order chi connectivity index (χ0) is 95.8. The molecular formula is C106H112FN21O7S3. The summed E-state index contributed by atoms with van der Waals surface area (Å²) >= 11 is 4.82. The van der Waals surface area contributed by atoms with Crippen LogP contribution in [-0.2, 0) is 32.1 Å². The van der Waals surface area contributed by atoms with E-state index in [2.05, 4.69) is 106 Å². The van der Waals surface area contributed by atoms with Crippen LogP contribution in [0.2, 0.25) is 0 Å². The van der Waals surface area contributed by atoms with E-state index >= 15 is 0 Å². The van der Waals surface area contributed by atoms with Crippen molar-refractivity contribution in [1.29, 1.82) is 0 Å². The van der Waals surface area contributed by atoms with Gasteiger partial charge in [-0.1, -0.05) is 59.9 Å². The van der Waals surface area contributed by atoms with Crippen molar-refractivity contribution in [3.63, 3.8) is 0 Å². The quantitative estimate of drug-likeness (QED) is 0.0195. The first-order valence-corrected chi connectivity index (χ1v) is 48.7. The van der Waals surface area contributed by atoms with E-state index in [1.807, 2.05) is 163 Å². The van der Waals surface area contributed by atoms with Gasteiger partial charge in [0.05, 0.1) is 49.3 Å². The maximum atomic E-state index is 13.2. The lowest BCUT2D eigenvalue weighted by atomic mass is 9.98. The number of thiophene rings is 2. The lowest BCUT2D eigenvalue weighted by Crippen LogP contribution is -2.44. The second kappa shape index (κ2) is 46.8. The smallest absolute Gasteiger partial charge is 0.195 e. The number of hydrogen-bond acceptors (Lipinski definition) is 31. The van der Waals surface area contributed by atoms with Crippen molar-refractivity contribution in [1.82, 2.24) is 55.7 Å². The summed E-state index contributed by atoms with van der Waals surface area (Å²) in [5, 5.41) is 15.7. The fourth-order valence-electron chi connectivity index (χ4n) is 16.5. The molecule has 13 N–H and O–H groups in total. The van der Waals surface area contributed by atoms with Gasteiger partial charge in [0.2, 0.25) is 0 Å². The molecule has 0 amide bonds. The normalized spacial score (nSPS) is 14.6. The van der Waals surface area contributed by atoms with E-state index in [0.29, 0.717) is 56.0 Å². The Kier molecular flexibility index (Phi) is 32.8. The molecule has 0 bridgehead atoms. The minimum absolute atomic E-state index is 0.000669. The number of thiazole rings is 1. The summed E-state index contributed by atoms with van der Waals surface area (Å²) in [6.07, 6.45) is 16.2. The SMILES string of the molecule is CN1CCN(c2ccc(C(=O)Cc3cc(-c4ccco4)ccc3N)cn2)CC1.CN1CCN(c2ccc(C(=O)Cc3cc(-c4ccoc4)ccc3N)cn2)CC1.Nc1ccc(-c2ccc(F)cc2)cc1CC(=O)c1ccc(N2CCNCC2)cn1.Nc1ccc(-c2cccs2)cc1CC(=O)c1cnc(N2CCNCC2)cn1.Nc1ccc(-c2cccs2)cc1CC(=O)c1ncc(N2CCNCC2)s1. The minimum atomic E-state index is -0.282. The van der Waals surface area contributed by atoms with E-state index in [9.17, 15) is 28.4 Å². The molecule has 5 saturated heterocycles. The molecule has 32 heteroatoms. The molecule has 0 unspecified atom stereocenters. The first kappa shape index (κ1) is 96.6. The summed E-state index contributed by atoms with van der Waals surface area (Å²) in [7, 11) is 4.25. The zero-order valence-corrected chi connectivity index (χ0v) is 79.6. The third-order valence-corrected chi connectivity index (χ3v) is 27.7. The summed E-state index contributed by atoms with van der Waals surface area (Å²) in [5.41, 5.74) is 47.4. The van der Waals surface area contributed by atoms with Crippen molar-refractivity contribution in [2.45, 2.75) is 32.1 Å². The van der Waals surface area contributed by atoms with Gasteiger partial charge in [-0.15, -0.1) is 22.7 Å². The number of piperazine rings is 5. The molecule has 9 aromatic heterocycles. The average molecular weight is 1910 g/mol. The number of carbonyl (C=O) groups is 5. The number of ketones is 5. The van der Waals surface area contributed by atoms with Crippen molar-refractivity contribution < 1.29 is 37.2 Å². The van der Waals surface area contributed by atoms with Crippen LogP contribution in [0.25, 0.3) is 54.5 Å². The summed E-state index contributed by atoms with van der Waals surface area (Å²) in [6.45, 7) is 19.1. The lowest BCUT2D eigenvalue weighted by molar-refractivity contribution is 0.0980. The number of anilines is 10. The largest absolute Gasteiger partial charge is 0.472 e. The van der Waals surface area contributed by atoms with Crippen LogP contribution in [0, 0.1) is 5.82 Å². The molecule has 0 aliphatic carbocycles. The van der Waals surface area contributed by atoms with Crippen molar-refractivity contribution >= 4 is 120 Å². The van der Waals surface area contributed by atoms with Crippen LogP contribution in [0.1, 0.15) is 79.3 Å². The first-order chi connectivity index (χ1) is 67.2. The number of pyridine rings is 3. The van der Waals surface area contributed by atoms with Crippen LogP contribution in [0.15, 0.2) is 270 Å². The fourth-order valence-corrected chi connectivity index (χ4v) is 18.8. The number of furan rings is 2. The van der Waals surface area contributed by atoms with Crippen LogP contribution < -0.4 is 69.1 Å². The number of aromatic nitrogens is 6. The van der Waals surface area contributed by atoms with Gasteiger partial charge >= 0.3 is 0 Å². The Balaban J connectivity index is 0.000000125. The van der Waals surface area contributed by atoms with Gasteiger partial charge < -0.3 is 87.8 Å². The molecule has 0 saturated carbocycles. The number of carbonyl (C=O) groups excluding carboxylic acids is 5. The Morgan fingerprint density at radius 1 is 0.355 bits per heavy atom. The van der Waals surface area contributed by atoms with Crippen LogP contribution in [0.3, 0.4) is 0 Å². The summed E-state index contributed by atoms with van der Waals surface area (Å²) in [4.78, 5) is 108. The fraction of sp³-hybridized carbons (Fsp3) is 0.255. The second-order valence-corrected chi connectivity index (χ2v) is 37.2. The number of nitrogens with zero attached hydrogens (tertiary/aromatic N) is 13. The number of nitrogens with two attached hydrogens (primary N) is 5. The average Bonchev–Trinajstić information content (AvgIpc) is 1.52. The van der Waals surface area contributed by atoms with Crippen molar-refractivity contribution in [2.75, 3.05) is 198 Å². The number of benzene rings is 6. The molecule has 0 spiro atoms. The Bertz CT molecular complexity index is 6380. The Morgan fingerprint density at radius 2 is 0.790 bits per heavy atom. The molecule has 138 heavy (non-hydrogen) atoms. The maximum Gasteiger partial charge on any atom is 0.195 e. The van der Waals surface area contributed by atoms with Crippen LogP contribution in [-0.4, -0.2) is 214 Å². The highest BCUT2D eigenvalue weighted by molar-refractivity contribution is 7.17. The topological polar surface area (TPSA) is 378 Å². The van der Waals surface area contributed by atoms with Gasteiger partial charge in [0.1, 0.15) is 45.4 Å². The molecule has 14 heterocycles. The van der Waals surface area contributed by atoms with Crippen molar-refractivity contribution in [3.05, 3.63) is 322 Å². The van der Waals surface area contributed by atoms with E-state index in [1.54, 1.807) is 96.7 Å². The van der Waals surface area contributed by atoms with Crippen molar-refractivity contribution in [3.8, 4) is 54.5 Å². The Hall–Kier alpha value is -14.5. The molecule has 28 nitrogen and oxygen atoms in total. The van der Waals surface area contributed by atoms with Gasteiger partial charge in [0.25, 0.3) is 0 Å². The zero-order valence-electron chi connectivity index (χ0n) is 77.2. The first-order valence-electron chi connectivity index (χ1n) is 46.1. The lowest BCUT2D eigenvalue weighted by Gasteiger charge is -2.33. The standard InChI is InChI=1S/C23H23FN4O.2C22H24N4O2.C20H21N5OS.C19H20N4OS2/c24-19-4-1-16(2-5-19)17-3-7-21(25)18(13-17)14-23(29)22-8-6-20(15-27-22)28-11-9-26-10-12-28;1-25-7-9-26(10-8-25)22-5-3-17(14-24-22)21(27)13-19-12-16(2-4-20(19)23)18-6-11-28-15-18;1-25-8-10-26(11-9-25)22-7-5-17(15-24-22)20(27)14-18-13-16(4-6-19(18)23)21-3-2-12-28-21;21-16-4-3-14(19-2-1-9-27-19)10-15(16)11-18(26)17-12-24-20(13-23-17)25-7-5-22-6-8-25;20-15-4-3-13(17-2-1-9-25-17)10-14(15)11-16(24)19-22-12-18(26-19)23-7-5-21-6-8-23/h1-8,13,15,26H,9-12,14,25H2;2-6,11-12,14-15H,7-10,13,23H2,1H3;2-7,12-13,15H,8-11,14,23H2,1H3;1-4,9-10,12-13,22H,5-8,11,21H2;1-4,9-10,12,21H,5-8,11,20H2. The number of nitrogen functional groups attached to an aromatic ring is 5. The summed E-state index contributed by atoms with van der Waals surface area (Å²) in [5.74, 6) is 2.99. The molecule has 0 atom stereocenters. The molecular weight excluding hydrogens is 1790 g/mol. The third-order valence-electron chi connectivity index (χ3n) is 24.8. The highest BCUT2D eigenvalue weighted by atomic mass is 32.1. The second-order valence-electron chi connectivity index (χ2n) is 34.3.